The Bertz CT molecular complexity index is 577. The van der Waals surface area contributed by atoms with Gasteiger partial charge < -0.3 is 9.84 Å². The van der Waals surface area contributed by atoms with E-state index in [1.54, 1.807) is 6.92 Å². The fourth-order valence-electron chi connectivity index (χ4n) is 1.54. The third-order valence-electron chi connectivity index (χ3n) is 2.73. The van der Waals surface area contributed by atoms with Crippen molar-refractivity contribution >= 4 is 27.3 Å². The molecule has 1 aromatic rings. The molecule has 2 N–H and O–H groups in total. The van der Waals surface area contributed by atoms with Crippen LogP contribution in [0.4, 0.5) is 0 Å². The molecule has 0 unspecified atom stereocenters. The second kappa shape index (κ2) is 7.88. The lowest BCUT2D eigenvalue weighted by atomic mass is 10.1. The van der Waals surface area contributed by atoms with Crippen LogP contribution in [0.3, 0.4) is 0 Å². The second-order valence-electron chi connectivity index (χ2n) is 5.08. The van der Waals surface area contributed by atoms with E-state index in [1.807, 2.05) is 0 Å². The zero-order valence-corrected chi connectivity index (χ0v) is 14.0. The lowest BCUT2D eigenvalue weighted by Gasteiger charge is -2.07. The summed E-state index contributed by atoms with van der Waals surface area (Å²) in [6.07, 6.45) is 0.929. The Kier molecular flexibility index (Phi) is 6.79. The predicted molar refractivity (Wildman–Crippen MR) is 81.5 cm³/mol. The highest BCUT2D eigenvalue weighted by Crippen LogP contribution is 2.25. The molecule has 120 valence electrons. The first kappa shape index (κ1) is 18.1. The van der Waals surface area contributed by atoms with E-state index in [2.05, 4.69) is 18.6 Å². The maximum absolute atomic E-state index is 12.0. The number of carbonyl (C=O) groups is 1. The largest absolute Gasteiger partial charge is 0.477 e. The molecule has 1 rings (SSSR count). The number of carboxylic acids is 1. The molecule has 0 amide bonds. The summed E-state index contributed by atoms with van der Waals surface area (Å²) in [5, 5.41) is 8.94. The number of carboxylic acid groups (broad SMARTS) is 1. The van der Waals surface area contributed by atoms with E-state index < -0.39 is 16.0 Å². The molecule has 0 aliphatic carbocycles. The molecule has 0 aliphatic rings. The molecule has 1 aromatic heterocycles. The molecule has 0 aliphatic heterocycles. The molecule has 6 nitrogen and oxygen atoms in total. The van der Waals surface area contributed by atoms with Crippen molar-refractivity contribution in [2.45, 2.75) is 31.4 Å². The van der Waals surface area contributed by atoms with Gasteiger partial charge in [0.2, 0.25) is 10.0 Å². The summed E-state index contributed by atoms with van der Waals surface area (Å²) < 4.78 is 31.8. The highest BCUT2D eigenvalue weighted by Gasteiger charge is 2.21. The van der Waals surface area contributed by atoms with Crippen molar-refractivity contribution in [2.24, 2.45) is 5.92 Å². The van der Waals surface area contributed by atoms with Crippen LogP contribution in [-0.2, 0) is 14.8 Å². The summed E-state index contributed by atoms with van der Waals surface area (Å²) in [6.45, 7) is 6.81. The van der Waals surface area contributed by atoms with Crippen molar-refractivity contribution in [3.8, 4) is 0 Å². The van der Waals surface area contributed by atoms with Gasteiger partial charge in [-0.3, -0.25) is 0 Å². The first-order valence-electron chi connectivity index (χ1n) is 6.65. The minimum atomic E-state index is -3.67. The average Bonchev–Trinajstić information content (AvgIpc) is 2.76. The van der Waals surface area contributed by atoms with Gasteiger partial charge in [-0.15, -0.1) is 11.3 Å². The summed E-state index contributed by atoms with van der Waals surface area (Å²) in [6, 6.07) is 1.37. The molecule has 0 fully saturated rings. The molecule has 0 aromatic carbocycles. The maximum atomic E-state index is 12.0. The topological polar surface area (TPSA) is 92.7 Å². The van der Waals surface area contributed by atoms with Gasteiger partial charge in [0.25, 0.3) is 0 Å². The van der Waals surface area contributed by atoms with Crippen molar-refractivity contribution < 1.29 is 23.1 Å². The van der Waals surface area contributed by atoms with E-state index in [9.17, 15) is 13.2 Å². The van der Waals surface area contributed by atoms with E-state index in [0.29, 0.717) is 24.7 Å². The number of aromatic carboxylic acids is 1. The highest BCUT2D eigenvalue weighted by atomic mass is 32.2. The number of ether oxygens (including phenoxy) is 1. The van der Waals surface area contributed by atoms with E-state index in [0.717, 1.165) is 17.8 Å². The quantitative estimate of drug-likeness (QED) is 0.674. The number of hydrogen-bond donors (Lipinski definition) is 2. The van der Waals surface area contributed by atoms with Crippen molar-refractivity contribution in [1.29, 1.82) is 0 Å². The normalized spacial score (nSPS) is 12.0. The molecule has 1 heterocycles. The van der Waals surface area contributed by atoms with E-state index in [1.165, 1.54) is 6.07 Å². The molecule has 0 bridgehead atoms. The average molecular weight is 335 g/mol. The van der Waals surface area contributed by atoms with Crippen LogP contribution < -0.4 is 4.72 Å². The third kappa shape index (κ3) is 5.74. The number of thiophene rings is 1. The smallest absolute Gasteiger partial charge is 0.346 e. The van der Waals surface area contributed by atoms with Gasteiger partial charge in [-0.25, -0.2) is 17.9 Å². The summed E-state index contributed by atoms with van der Waals surface area (Å²) >= 11 is 0.756. The van der Waals surface area contributed by atoms with E-state index in [-0.39, 0.29) is 15.6 Å². The maximum Gasteiger partial charge on any atom is 0.346 e. The molecule has 0 radical (unpaired) electrons. The lowest BCUT2D eigenvalue weighted by Crippen LogP contribution is -2.27. The first-order valence-corrected chi connectivity index (χ1v) is 8.95. The van der Waals surface area contributed by atoms with Gasteiger partial charge in [0.05, 0.1) is 6.61 Å². The molecule has 0 atom stereocenters. The monoisotopic (exact) mass is 335 g/mol. The zero-order chi connectivity index (χ0) is 16.0. The highest BCUT2D eigenvalue weighted by molar-refractivity contribution is 7.91. The molecule has 0 saturated heterocycles. The van der Waals surface area contributed by atoms with Crippen LogP contribution in [0, 0.1) is 12.8 Å². The van der Waals surface area contributed by atoms with Crippen LogP contribution >= 0.6 is 11.3 Å². The third-order valence-corrected chi connectivity index (χ3v) is 5.89. The van der Waals surface area contributed by atoms with Crippen LogP contribution in [-0.4, -0.2) is 39.3 Å². The molecular formula is C13H21NO5S2. The summed E-state index contributed by atoms with van der Waals surface area (Å²) in [7, 11) is -3.67. The number of aryl methyl sites for hydroxylation is 1. The Morgan fingerprint density at radius 1 is 1.43 bits per heavy atom. The zero-order valence-electron chi connectivity index (χ0n) is 12.4. The molecule has 8 heteroatoms. The Morgan fingerprint density at radius 3 is 2.62 bits per heavy atom. The van der Waals surface area contributed by atoms with Gasteiger partial charge in [0.15, 0.2) is 0 Å². The Morgan fingerprint density at radius 2 is 2.10 bits per heavy atom. The lowest BCUT2D eigenvalue weighted by molar-refractivity contribution is 0.0701. The summed E-state index contributed by atoms with van der Waals surface area (Å²) in [5.41, 5.74) is 0.445. The SMILES string of the molecule is Cc1cc(S(=O)(=O)NCCOCCC(C)C)sc1C(=O)O. The Balaban J connectivity index is 2.50. The number of nitrogens with one attached hydrogen (secondary N) is 1. The van der Waals surface area contributed by atoms with Crippen LogP contribution in [0.2, 0.25) is 0 Å². The minimum absolute atomic E-state index is 0.0135. The number of sulfonamides is 1. The van der Waals surface area contributed by atoms with Gasteiger partial charge in [-0.2, -0.15) is 0 Å². The van der Waals surface area contributed by atoms with Crippen molar-refractivity contribution in [3.05, 3.63) is 16.5 Å². The molecule has 0 spiro atoms. The number of hydrogen-bond acceptors (Lipinski definition) is 5. The van der Waals surface area contributed by atoms with E-state index in [4.69, 9.17) is 9.84 Å². The van der Waals surface area contributed by atoms with Crippen LogP contribution in [0.15, 0.2) is 10.3 Å². The van der Waals surface area contributed by atoms with Crippen LogP contribution in [0.5, 0.6) is 0 Å². The fourth-order valence-corrected chi connectivity index (χ4v) is 3.97. The van der Waals surface area contributed by atoms with E-state index >= 15 is 0 Å². The Labute approximate surface area is 129 Å². The first-order chi connectivity index (χ1) is 9.74. The molecule has 0 saturated carbocycles. The van der Waals surface area contributed by atoms with Crippen LogP contribution in [0.25, 0.3) is 0 Å². The van der Waals surface area contributed by atoms with Crippen molar-refractivity contribution in [3.63, 3.8) is 0 Å². The second-order valence-corrected chi connectivity index (χ2v) is 8.12. The Hall–Kier alpha value is -0.960. The van der Waals surface area contributed by atoms with Gasteiger partial charge in [-0.05, 0) is 30.9 Å². The fraction of sp³-hybridized carbons (Fsp3) is 0.615. The summed E-state index contributed by atoms with van der Waals surface area (Å²) in [5.74, 6) is -0.568. The molecular weight excluding hydrogens is 314 g/mol. The van der Waals surface area contributed by atoms with Gasteiger partial charge in [0, 0.05) is 13.2 Å². The number of rotatable bonds is 9. The van der Waals surface area contributed by atoms with Crippen LogP contribution in [0.1, 0.15) is 35.5 Å². The van der Waals surface area contributed by atoms with Crippen molar-refractivity contribution in [2.75, 3.05) is 19.8 Å². The minimum Gasteiger partial charge on any atom is -0.477 e. The van der Waals surface area contributed by atoms with Gasteiger partial charge in [-0.1, -0.05) is 13.8 Å². The van der Waals surface area contributed by atoms with Gasteiger partial charge in [0.1, 0.15) is 9.09 Å². The van der Waals surface area contributed by atoms with Crippen molar-refractivity contribution in [1.82, 2.24) is 4.72 Å². The molecule has 21 heavy (non-hydrogen) atoms. The predicted octanol–water partition coefficient (Wildman–Crippen LogP) is 2.10. The standard InChI is InChI=1S/C13H21NO5S2/c1-9(2)4-6-19-7-5-14-21(17,18)11-8-10(3)12(20-11)13(15)16/h8-9,14H,4-7H2,1-3H3,(H,15,16). The van der Waals surface area contributed by atoms with Gasteiger partial charge >= 0.3 is 5.97 Å². The summed E-state index contributed by atoms with van der Waals surface area (Å²) in [4.78, 5) is 11.0.